The first kappa shape index (κ1) is 12.2. The van der Waals surface area contributed by atoms with Crippen LogP contribution in [0.5, 0.6) is 0 Å². The van der Waals surface area contributed by atoms with Crippen LogP contribution in [0.3, 0.4) is 0 Å². The van der Waals surface area contributed by atoms with Gasteiger partial charge in [-0.25, -0.2) is 4.39 Å². The van der Waals surface area contributed by atoms with Gasteiger partial charge in [0.25, 0.3) is 0 Å². The molecule has 2 rings (SSSR count). The number of halogens is 1. The predicted octanol–water partition coefficient (Wildman–Crippen LogP) is 2.88. The van der Waals surface area contributed by atoms with Gasteiger partial charge in [0.15, 0.2) is 5.78 Å². The Hall–Kier alpha value is -1.22. The molecule has 92 valence electrons. The van der Waals surface area contributed by atoms with Gasteiger partial charge in [-0.05, 0) is 32.0 Å². The highest BCUT2D eigenvalue weighted by Crippen LogP contribution is 2.23. The molecular formula is C14H18FNO. The number of rotatable bonds is 5. The van der Waals surface area contributed by atoms with Crippen LogP contribution in [0.4, 0.5) is 4.39 Å². The van der Waals surface area contributed by atoms with Crippen LogP contribution in [0.15, 0.2) is 24.3 Å². The monoisotopic (exact) mass is 235 g/mol. The molecule has 1 aliphatic carbocycles. The molecule has 0 aliphatic heterocycles. The Kier molecular flexibility index (Phi) is 3.89. The van der Waals surface area contributed by atoms with Gasteiger partial charge in [-0.2, -0.15) is 0 Å². The molecule has 0 bridgehead atoms. The SMILES string of the molecule is CN(CCC(=O)c1cccc(F)c1)C1CCC1. The van der Waals surface area contributed by atoms with Crippen molar-refractivity contribution < 1.29 is 9.18 Å². The van der Waals surface area contributed by atoms with Gasteiger partial charge >= 0.3 is 0 Å². The van der Waals surface area contributed by atoms with Crippen molar-refractivity contribution in [2.45, 2.75) is 31.7 Å². The Morgan fingerprint density at radius 3 is 2.82 bits per heavy atom. The molecule has 0 saturated heterocycles. The highest BCUT2D eigenvalue weighted by atomic mass is 19.1. The fourth-order valence-corrected chi connectivity index (χ4v) is 2.09. The lowest BCUT2D eigenvalue weighted by atomic mass is 9.91. The van der Waals surface area contributed by atoms with Crippen molar-refractivity contribution in [2.24, 2.45) is 0 Å². The molecule has 0 radical (unpaired) electrons. The standard InChI is InChI=1S/C14H18FNO/c1-16(13-6-3-7-13)9-8-14(17)11-4-2-5-12(15)10-11/h2,4-5,10,13H,3,6-9H2,1H3. The van der Waals surface area contributed by atoms with Crippen LogP contribution in [-0.4, -0.2) is 30.3 Å². The minimum Gasteiger partial charge on any atom is -0.303 e. The van der Waals surface area contributed by atoms with E-state index in [0.29, 0.717) is 18.0 Å². The third kappa shape index (κ3) is 3.13. The van der Waals surface area contributed by atoms with Crippen molar-refractivity contribution in [3.8, 4) is 0 Å². The zero-order chi connectivity index (χ0) is 12.3. The number of carbonyl (C=O) groups is 1. The summed E-state index contributed by atoms with van der Waals surface area (Å²) in [5, 5.41) is 0. The summed E-state index contributed by atoms with van der Waals surface area (Å²) in [6, 6.07) is 6.57. The zero-order valence-corrected chi connectivity index (χ0v) is 10.2. The predicted molar refractivity (Wildman–Crippen MR) is 65.6 cm³/mol. The average molecular weight is 235 g/mol. The summed E-state index contributed by atoms with van der Waals surface area (Å²) in [5.41, 5.74) is 0.479. The lowest BCUT2D eigenvalue weighted by Crippen LogP contribution is -2.38. The van der Waals surface area contributed by atoms with Gasteiger partial charge in [-0.1, -0.05) is 18.6 Å². The number of nitrogens with zero attached hydrogens (tertiary/aromatic N) is 1. The number of Topliss-reactive ketones (excluding diaryl/α,β-unsaturated/α-hetero) is 1. The first-order valence-electron chi connectivity index (χ1n) is 6.16. The molecule has 0 N–H and O–H groups in total. The Morgan fingerprint density at radius 1 is 1.47 bits per heavy atom. The van der Waals surface area contributed by atoms with E-state index < -0.39 is 0 Å². The summed E-state index contributed by atoms with van der Waals surface area (Å²) < 4.78 is 13.0. The summed E-state index contributed by atoms with van der Waals surface area (Å²) in [6.07, 6.45) is 4.25. The fourth-order valence-electron chi connectivity index (χ4n) is 2.09. The van der Waals surface area contributed by atoms with E-state index in [2.05, 4.69) is 11.9 Å². The molecule has 0 aromatic heterocycles. The van der Waals surface area contributed by atoms with Gasteiger partial charge in [-0.3, -0.25) is 4.79 Å². The first-order valence-corrected chi connectivity index (χ1v) is 6.16. The third-order valence-corrected chi connectivity index (χ3v) is 3.54. The number of hydrogen-bond acceptors (Lipinski definition) is 2. The molecule has 1 aromatic carbocycles. The minimum absolute atomic E-state index is 0.0238. The van der Waals surface area contributed by atoms with E-state index in [-0.39, 0.29) is 11.6 Å². The van der Waals surface area contributed by atoms with E-state index in [0.717, 1.165) is 6.54 Å². The lowest BCUT2D eigenvalue weighted by molar-refractivity contribution is 0.0939. The quantitative estimate of drug-likeness (QED) is 0.731. The maximum absolute atomic E-state index is 13.0. The zero-order valence-electron chi connectivity index (χ0n) is 10.2. The van der Waals surface area contributed by atoms with Crippen LogP contribution in [0.25, 0.3) is 0 Å². The van der Waals surface area contributed by atoms with Gasteiger partial charge in [0.05, 0.1) is 0 Å². The van der Waals surface area contributed by atoms with E-state index >= 15 is 0 Å². The van der Waals surface area contributed by atoms with Gasteiger partial charge in [0.1, 0.15) is 5.82 Å². The molecule has 17 heavy (non-hydrogen) atoms. The Bertz CT molecular complexity index is 401. The van der Waals surface area contributed by atoms with Gasteiger partial charge in [-0.15, -0.1) is 0 Å². The second-order valence-corrected chi connectivity index (χ2v) is 4.75. The van der Waals surface area contributed by atoms with Gasteiger partial charge < -0.3 is 4.90 Å². The molecule has 0 atom stereocenters. The molecule has 1 fully saturated rings. The average Bonchev–Trinajstić information content (AvgIpc) is 2.23. The van der Waals surface area contributed by atoms with Crippen molar-refractivity contribution >= 4 is 5.78 Å². The van der Waals surface area contributed by atoms with Crippen LogP contribution in [0, 0.1) is 5.82 Å². The van der Waals surface area contributed by atoms with Gasteiger partial charge in [0, 0.05) is 24.6 Å². The van der Waals surface area contributed by atoms with Gasteiger partial charge in [0.2, 0.25) is 0 Å². The Morgan fingerprint density at radius 2 is 2.24 bits per heavy atom. The number of benzene rings is 1. The third-order valence-electron chi connectivity index (χ3n) is 3.54. The highest BCUT2D eigenvalue weighted by Gasteiger charge is 2.22. The topological polar surface area (TPSA) is 20.3 Å². The molecule has 0 heterocycles. The summed E-state index contributed by atoms with van der Waals surface area (Å²) in [6.45, 7) is 0.764. The van der Waals surface area contributed by atoms with Crippen LogP contribution >= 0.6 is 0 Å². The molecule has 3 heteroatoms. The van der Waals surface area contributed by atoms with Crippen molar-refractivity contribution in [2.75, 3.05) is 13.6 Å². The molecule has 0 spiro atoms. The lowest BCUT2D eigenvalue weighted by Gasteiger charge is -2.34. The van der Waals surface area contributed by atoms with Crippen LogP contribution in [0.2, 0.25) is 0 Å². The normalized spacial score (nSPS) is 15.9. The number of ketones is 1. The molecule has 1 aromatic rings. The Labute approximate surface area is 101 Å². The summed E-state index contributed by atoms with van der Waals surface area (Å²) >= 11 is 0. The van der Waals surface area contributed by atoms with E-state index in [1.54, 1.807) is 12.1 Å². The molecule has 0 amide bonds. The van der Waals surface area contributed by atoms with Crippen LogP contribution < -0.4 is 0 Å². The molecule has 2 nitrogen and oxygen atoms in total. The molecule has 0 unspecified atom stereocenters. The van der Waals surface area contributed by atoms with E-state index in [9.17, 15) is 9.18 Å². The van der Waals surface area contributed by atoms with Crippen molar-refractivity contribution in [1.82, 2.24) is 4.90 Å². The highest BCUT2D eigenvalue weighted by molar-refractivity contribution is 5.96. The minimum atomic E-state index is -0.344. The molecule has 1 saturated carbocycles. The maximum atomic E-state index is 13.0. The summed E-state index contributed by atoms with van der Waals surface area (Å²) in [5.74, 6) is -0.320. The second-order valence-electron chi connectivity index (χ2n) is 4.75. The number of hydrogen-bond donors (Lipinski definition) is 0. The Balaban J connectivity index is 1.84. The largest absolute Gasteiger partial charge is 0.303 e. The first-order chi connectivity index (χ1) is 8.16. The van der Waals surface area contributed by atoms with Crippen molar-refractivity contribution in [1.29, 1.82) is 0 Å². The number of carbonyl (C=O) groups excluding carboxylic acids is 1. The van der Waals surface area contributed by atoms with Crippen molar-refractivity contribution in [3.63, 3.8) is 0 Å². The molecular weight excluding hydrogens is 217 g/mol. The van der Waals surface area contributed by atoms with Crippen LogP contribution in [0.1, 0.15) is 36.0 Å². The van der Waals surface area contributed by atoms with Crippen LogP contribution in [-0.2, 0) is 0 Å². The maximum Gasteiger partial charge on any atom is 0.164 e. The second kappa shape index (κ2) is 5.41. The smallest absolute Gasteiger partial charge is 0.164 e. The van der Waals surface area contributed by atoms with E-state index in [1.165, 1.54) is 31.4 Å². The van der Waals surface area contributed by atoms with E-state index in [4.69, 9.17) is 0 Å². The summed E-state index contributed by atoms with van der Waals surface area (Å²) in [4.78, 5) is 14.1. The fraction of sp³-hybridized carbons (Fsp3) is 0.500. The van der Waals surface area contributed by atoms with E-state index in [1.807, 2.05) is 0 Å². The molecule has 1 aliphatic rings. The summed E-state index contributed by atoms with van der Waals surface area (Å²) in [7, 11) is 2.06. The van der Waals surface area contributed by atoms with Crippen molar-refractivity contribution in [3.05, 3.63) is 35.6 Å².